The highest BCUT2D eigenvalue weighted by atomic mass is 16.6. The van der Waals surface area contributed by atoms with Crippen molar-refractivity contribution in [1.29, 1.82) is 0 Å². The van der Waals surface area contributed by atoms with E-state index >= 15 is 0 Å². The summed E-state index contributed by atoms with van der Waals surface area (Å²) < 4.78 is 0. The number of nitrogens with zero attached hydrogens (tertiary/aromatic N) is 1. The summed E-state index contributed by atoms with van der Waals surface area (Å²) >= 11 is 0. The van der Waals surface area contributed by atoms with Crippen LogP contribution in [0.1, 0.15) is 31.2 Å². The molecule has 2 rings (SSSR count). The number of carbonyl (C=O) groups is 2. The van der Waals surface area contributed by atoms with Crippen molar-refractivity contribution in [3.63, 3.8) is 0 Å². The summed E-state index contributed by atoms with van der Waals surface area (Å²) in [6.07, 6.45) is 3.87. The van der Waals surface area contributed by atoms with Crippen molar-refractivity contribution in [3.05, 3.63) is 33.9 Å². The zero-order valence-electron chi connectivity index (χ0n) is 11.7. The second kappa shape index (κ2) is 6.34. The largest absolute Gasteiger partial charge is 0.345 e. The number of rotatable bonds is 3. The van der Waals surface area contributed by atoms with Crippen LogP contribution in [0.4, 0.5) is 11.4 Å². The fraction of sp³-hybridized carbons (Fsp3) is 0.429. The molecule has 7 nitrogen and oxygen atoms in total. The molecule has 0 aromatic heterocycles. The lowest BCUT2D eigenvalue weighted by atomic mass is 10.2. The van der Waals surface area contributed by atoms with Crippen LogP contribution in [0.3, 0.4) is 0 Å². The first-order valence-corrected chi connectivity index (χ1v) is 6.84. The maximum Gasteiger partial charge on any atom is 0.313 e. The molecule has 7 heteroatoms. The van der Waals surface area contributed by atoms with E-state index in [1.54, 1.807) is 6.92 Å². The number of benzene rings is 1. The Morgan fingerprint density at radius 3 is 2.52 bits per heavy atom. The second-order valence-corrected chi connectivity index (χ2v) is 5.17. The molecule has 0 unspecified atom stereocenters. The van der Waals surface area contributed by atoms with Gasteiger partial charge < -0.3 is 10.6 Å². The fourth-order valence-electron chi connectivity index (χ4n) is 2.36. The Hall–Kier alpha value is -2.44. The molecular weight excluding hydrogens is 274 g/mol. The topological polar surface area (TPSA) is 101 Å². The van der Waals surface area contributed by atoms with Gasteiger partial charge in [-0.2, -0.15) is 0 Å². The van der Waals surface area contributed by atoms with Gasteiger partial charge >= 0.3 is 11.8 Å². The summed E-state index contributed by atoms with van der Waals surface area (Å²) in [6.45, 7) is 1.70. The second-order valence-electron chi connectivity index (χ2n) is 5.17. The Morgan fingerprint density at radius 2 is 1.90 bits per heavy atom. The van der Waals surface area contributed by atoms with Gasteiger partial charge in [0.05, 0.1) is 10.6 Å². The molecule has 0 saturated heterocycles. The van der Waals surface area contributed by atoms with Gasteiger partial charge in [0.1, 0.15) is 0 Å². The number of nitro benzene ring substituents is 1. The smallest absolute Gasteiger partial charge is 0.313 e. The predicted octanol–water partition coefficient (Wildman–Crippen LogP) is 1.90. The number of aryl methyl sites for hydroxylation is 1. The summed E-state index contributed by atoms with van der Waals surface area (Å²) in [6, 6.07) is 4.18. The maximum absolute atomic E-state index is 11.8. The van der Waals surface area contributed by atoms with Crippen molar-refractivity contribution in [1.82, 2.24) is 5.32 Å². The number of anilines is 1. The minimum absolute atomic E-state index is 0.0504. The van der Waals surface area contributed by atoms with Gasteiger partial charge in [0.15, 0.2) is 0 Å². The third-order valence-corrected chi connectivity index (χ3v) is 3.58. The normalized spacial score (nSPS) is 14.7. The summed E-state index contributed by atoms with van der Waals surface area (Å²) in [5.41, 5.74) is 0.797. The molecule has 0 bridgehead atoms. The van der Waals surface area contributed by atoms with Gasteiger partial charge in [0.25, 0.3) is 5.69 Å². The number of hydrogen-bond donors (Lipinski definition) is 2. The molecule has 2 amide bonds. The van der Waals surface area contributed by atoms with Crippen LogP contribution in [-0.2, 0) is 9.59 Å². The quantitative estimate of drug-likeness (QED) is 0.504. The molecule has 0 heterocycles. The zero-order valence-corrected chi connectivity index (χ0v) is 11.7. The van der Waals surface area contributed by atoms with Crippen molar-refractivity contribution >= 4 is 23.2 Å². The van der Waals surface area contributed by atoms with Gasteiger partial charge in [-0.3, -0.25) is 19.7 Å². The molecule has 1 aliphatic carbocycles. The number of hydrogen-bond acceptors (Lipinski definition) is 4. The van der Waals surface area contributed by atoms with Gasteiger partial charge in [0, 0.05) is 18.2 Å². The molecule has 1 saturated carbocycles. The van der Waals surface area contributed by atoms with E-state index in [4.69, 9.17) is 0 Å². The summed E-state index contributed by atoms with van der Waals surface area (Å²) in [5.74, 6) is -1.50. The van der Waals surface area contributed by atoms with E-state index in [1.165, 1.54) is 18.2 Å². The van der Waals surface area contributed by atoms with Crippen LogP contribution in [-0.4, -0.2) is 22.8 Å². The Bertz CT molecular complexity index is 580. The van der Waals surface area contributed by atoms with Crippen molar-refractivity contribution < 1.29 is 14.5 Å². The first kappa shape index (κ1) is 15.0. The highest BCUT2D eigenvalue weighted by Gasteiger charge is 2.22. The SMILES string of the molecule is Cc1ccc([N+](=O)[O-])cc1NC(=O)C(=O)NC1CCCC1. The number of amides is 2. The van der Waals surface area contributed by atoms with Crippen LogP contribution < -0.4 is 10.6 Å². The maximum atomic E-state index is 11.8. The van der Waals surface area contributed by atoms with E-state index in [0.717, 1.165) is 25.7 Å². The van der Waals surface area contributed by atoms with Gasteiger partial charge in [0.2, 0.25) is 0 Å². The van der Waals surface area contributed by atoms with Crippen LogP contribution in [0.2, 0.25) is 0 Å². The van der Waals surface area contributed by atoms with Gasteiger partial charge in [-0.15, -0.1) is 0 Å². The number of nitro groups is 1. The van der Waals surface area contributed by atoms with E-state index in [2.05, 4.69) is 10.6 Å². The molecule has 21 heavy (non-hydrogen) atoms. The Labute approximate surface area is 121 Å². The van der Waals surface area contributed by atoms with Crippen molar-refractivity contribution in [3.8, 4) is 0 Å². The van der Waals surface area contributed by atoms with Crippen LogP contribution >= 0.6 is 0 Å². The third-order valence-electron chi connectivity index (χ3n) is 3.58. The molecule has 0 spiro atoms. The molecule has 0 aliphatic heterocycles. The molecule has 1 aliphatic rings. The van der Waals surface area contributed by atoms with E-state index in [9.17, 15) is 19.7 Å². The highest BCUT2D eigenvalue weighted by molar-refractivity contribution is 6.39. The van der Waals surface area contributed by atoms with E-state index in [-0.39, 0.29) is 17.4 Å². The summed E-state index contributed by atoms with van der Waals surface area (Å²) in [7, 11) is 0. The van der Waals surface area contributed by atoms with E-state index in [0.29, 0.717) is 5.56 Å². The lowest BCUT2D eigenvalue weighted by molar-refractivity contribution is -0.384. The molecule has 112 valence electrons. The lowest BCUT2D eigenvalue weighted by Gasteiger charge is -2.12. The van der Waals surface area contributed by atoms with Crippen LogP contribution in [0.15, 0.2) is 18.2 Å². The zero-order chi connectivity index (χ0) is 15.4. The van der Waals surface area contributed by atoms with Crippen molar-refractivity contribution in [2.75, 3.05) is 5.32 Å². The molecule has 0 radical (unpaired) electrons. The number of carbonyl (C=O) groups excluding carboxylic acids is 2. The Kier molecular flexibility index (Phi) is 4.52. The third kappa shape index (κ3) is 3.77. The molecule has 1 aromatic carbocycles. The lowest BCUT2D eigenvalue weighted by Crippen LogP contribution is -2.40. The monoisotopic (exact) mass is 291 g/mol. The van der Waals surface area contributed by atoms with Gasteiger partial charge in [-0.1, -0.05) is 18.9 Å². The Morgan fingerprint density at radius 1 is 1.24 bits per heavy atom. The first-order chi connectivity index (χ1) is 9.97. The van der Waals surface area contributed by atoms with Gasteiger partial charge in [-0.05, 0) is 25.3 Å². The highest BCUT2D eigenvalue weighted by Crippen LogP contribution is 2.22. The number of nitrogens with one attached hydrogen (secondary N) is 2. The molecule has 2 N–H and O–H groups in total. The van der Waals surface area contributed by atoms with Crippen molar-refractivity contribution in [2.24, 2.45) is 0 Å². The van der Waals surface area contributed by atoms with Gasteiger partial charge in [-0.25, -0.2) is 0 Å². The molecular formula is C14H17N3O4. The predicted molar refractivity (Wildman–Crippen MR) is 76.9 cm³/mol. The summed E-state index contributed by atoms with van der Waals surface area (Å²) in [4.78, 5) is 33.8. The standard InChI is InChI=1S/C14H17N3O4/c1-9-6-7-11(17(20)21)8-12(9)16-14(19)13(18)15-10-4-2-3-5-10/h6-8,10H,2-5H2,1H3,(H,15,18)(H,16,19). The number of non-ortho nitro benzene ring substituents is 1. The minimum atomic E-state index is -0.800. The average molecular weight is 291 g/mol. The van der Waals surface area contributed by atoms with Crippen LogP contribution in [0, 0.1) is 17.0 Å². The first-order valence-electron chi connectivity index (χ1n) is 6.84. The molecule has 1 aromatic rings. The van der Waals surface area contributed by atoms with E-state index < -0.39 is 16.7 Å². The van der Waals surface area contributed by atoms with Crippen LogP contribution in [0.25, 0.3) is 0 Å². The van der Waals surface area contributed by atoms with E-state index in [1.807, 2.05) is 0 Å². The minimum Gasteiger partial charge on any atom is -0.345 e. The molecule has 0 atom stereocenters. The fourth-order valence-corrected chi connectivity index (χ4v) is 2.36. The average Bonchev–Trinajstić information content (AvgIpc) is 2.93. The van der Waals surface area contributed by atoms with Crippen LogP contribution in [0.5, 0.6) is 0 Å². The van der Waals surface area contributed by atoms with Crippen molar-refractivity contribution in [2.45, 2.75) is 38.6 Å². The Balaban J connectivity index is 2.02. The molecule has 1 fully saturated rings. The summed E-state index contributed by atoms with van der Waals surface area (Å²) in [5, 5.41) is 15.8.